The molecule has 1 heterocycles. The van der Waals surface area contributed by atoms with Gasteiger partial charge < -0.3 is 0 Å². The Balaban J connectivity index is 2.02. The maximum atomic E-state index is 11.9. The van der Waals surface area contributed by atoms with Crippen molar-refractivity contribution in [3.8, 4) is 0 Å². The summed E-state index contributed by atoms with van der Waals surface area (Å²) in [6.07, 6.45) is 3.03. The quantitative estimate of drug-likeness (QED) is 0.481. The average molecular weight is 259 g/mol. The fourth-order valence-electron chi connectivity index (χ4n) is 1.44. The summed E-state index contributed by atoms with van der Waals surface area (Å²) in [6, 6.07) is 7.54. The van der Waals surface area contributed by atoms with Crippen molar-refractivity contribution in [1.29, 1.82) is 0 Å². The van der Waals surface area contributed by atoms with Crippen LogP contribution in [0, 0.1) is 6.92 Å². The Bertz CT molecular complexity index is 589. The van der Waals surface area contributed by atoms with Gasteiger partial charge in [0.15, 0.2) is 10.9 Å². The molecule has 0 radical (unpaired) electrons. The molecule has 0 aliphatic carbocycles. The van der Waals surface area contributed by atoms with Crippen LogP contribution < -0.4 is 0 Å². The van der Waals surface area contributed by atoms with E-state index in [0.717, 1.165) is 10.7 Å². The van der Waals surface area contributed by atoms with Crippen molar-refractivity contribution in [2.24, 2.45) is 7.05 Å². The number of thioether (sulfide) groups is 1. The second-order valence-electron chi connectivity index (χ2n) is 3.82. The Morgan fingerprint density at radius 2 is 2.28 bits per heavy atom. The van der Waals surface area contributed by atoms with Gasteiger partial charge in [-0.25, -0.2) is 9.67 Å². The molecule has 0 aliphatic heterocycles. The van der Waals surface area contributed by atoms with E-state index in [1.165, 1.54) is 18.1 Å². The van der Waals surface area contributed by atoms with Gasteiger partial charge in [0.25, 0.3) is 0 Å². The van der Waals surface area contributed by atoms with Crippen LogP contribution in [0.15, 0.2) is 47.2 Å². The molecule has 0 saturated carbocycles. The first-order chi connectivity index (χ1) is 8.66. The van der Waals surface area contributed by atoms with Gasteiger partial charge in [-0.2, -0.15) is 5.10 Å². The molecule has 0 unspecified atom stereocenters. The van der Waals surface area contributed by atoms with E-state index in [1.54, 1.807) is 16.2 Å². The number of carbonyl (C=O) groups is 1. The summed E-state index contributed by atoms with van der Waals surface area (Å²) in [5, 5.41) is 6.43. The first-order valence-corrected chi connectivity index (χ1v) is 6.33. The largest absolute Gasteiger partial charge is 0.289 e. The van der Waals surface area contributed by atoms with Gasteiger partial charge in [0.05, 0.1) is 0 Å². The highest BCUT2D eigenvalue weighted by atomic mass is 32.2. The second kappa shape index (κ2) is 5.64. The van der Waals surface area contributed by atoms with E-state index < -0.39 is 0 Å². The lowest BCUT2D eigenvalue weighted by molar-refractivity contribution is 0.104. The Hall–Kier alpha value is -1.88. The lowest BCUT2D eigenvalue weighted by Gasteiger charge is -1.97. The number of hydrogen-bond donors (Lipinski definition) is 0. The first-order valence-electron chi connectivity index (χ1n) is 5.45. The third kappa shape index (κ3) is 3.07. The number of allylic oxidation sites excluding steroid dienone is 1. The Kier molecular flexibility index (Phi) is 3.94. The van der Waals surface area contributed by atoms with Crippen molar-refractivity contribution in [2.75, 3.05) is 0 Å². The molecular formula is C13H13N3OS. The molecule has 1 aromatic heterocycles. The van der Waals surface area contributed by atoms with Crippen molar-refractivity contribution < 1.29 is 4.79 Å². The minimum atomic E-state index is -0.00614. The zero-order valence-electron chi connectivity index (χ0n) is 10.2. The summed E-state index contributed by atoms with van der Waals surface area (Å²) < 4.78 is 1.66. The number of aryl methyl sites for hydroxylation is 2. The predicted molar refractivity (Wildman–Crippen MR) is 71.5 cm³/mol. The summed E-state index contributed by atoms with van der Waals surface area (Å²) in [4.78, 5) is 15.9. The number of aromatic nitrogens is 3. The Morgan fingerprint density at radius 1 is 1.44 bits per heavy atom. The smallest absolute Gasteiger partial charge is 0.190 e. The summed E-state index contributed by atoms with van der Waals surface area (Å²) in [5.74, 6) is -0.00614. The molecule has 0 amide bonds. The first kappa shape index (κ1) is 12.6. The lowest BCUT2D eigenvalue weighted by Crippen LogP contribution is -1.94. The van der Waals surface area contributed by atoms with Gasteiger partial charge in [0.2, 0.25) is 0 Å². The number of nitrogens with zero attached hydrogens (tertiary/aromatic N) is 3. The molecule has 1 aromatic carbocycles. The van der Waals surface area contributed by atoms with Gasteiger partial charge in [-0.05, 0) is 24.5 Å². The summed E-state index contributed by atoms with van der Waals surface area (Å²) in [7, 11) is 1.81. The summed E-state index contributed by atoms with van der Waals surface area (Å²) >= 11 is 1.37. The van der Waals surface area contributed by atoms with Crippen LogP contribution in [0.25, 0.3) is 0 Å². The summed E-state index contributed by atoms with van der Waals surface area (Å²) in [5.41, 5.74) is 1.78. The van der Waals surface area contributed by atoms with Crippen molar-refractivity contribution in [1.82, 2.24) is 14.8 Å². The number of hydrogen-bond acceptors (Lipinski definition) is 4. The minimum Gasteiger partial charge on any atom is -0.289 e. The highest BCUT2D eigenvalue weighted by Gasteiger charge is 2.02. The van der Waals surface area contributed by atoms with Crippen LogP contribution in [0.2, 0.25) is 0 Å². The number of benzene rings is 1. The molecule has 0 aliphatic rings. The molecule has 2 rings (SSSR count). The van der Waals surface area contributed by atoms with E-state index in [-0.39, 0.29) is 5.78 Å². The maximum absolute atomic E-state index is 11.9. The van der Waals surface area contributed by atoms with E-state index in [4.69, 9.17) is 0 Å². The van der Waals surface area contributed by atoms with E-state index >= 15 is 0 Å². The Morgan fingerprint density at radius 3 is 2.94 bits per heavy atom. The van der Waals surface area contributed by atoms with Crippen molar-refractivity contribution in [3.63, 3.8) is 0 Å². The van der Waals surface area contributed by atoms with Crippen molar-refractivity contribution in [3.05, 3.63) is 53.2 Å². The zero-order chi connectivity index (χ0) is 13.0. The van der Waals surface area contributed by atoms with Gasteiger partial charge in [0, 0.05) is 12.6 Å². The van der Waals surface area contributed by atoms with Gasteiger partial charge in [-0.1, -0.05) is 35.5 Å². The molecule has 92 valence electrons. The standard InChI is InChI=1S/C13H13N3OS/c1-10-4-3-5-11(8-10)12(17)6-7-18-13-14-9-15-16(13)2/h3-9H,1-2H3/b7-6-. The highest BCUT2D eigenvalue weighted by Crippen LogP contribution is 2.15. The Labute approximate surface area is 110 Å². The predicted octanol–water partition coefficient (Wildman–Crippen LogP) is 2.61. The fourth-order valence-corrected chi connectivity index (χ4v) is 2.06. The normalized spacial score (nSPS) is 11.0. The molecule has 0 spiro atoms. The van der Waals surface area contributed by atoms with E-state index in [0.29, 0.717) is 5.56 Å². The van der Waals surface area contributed by atoms with Gasteiger partial charge in [-0.15, -0.1) is 0 Å². The van der Waals surface area contributed by atoms with Crippen LogP contribution in [0.5, 0.6) is 0 Å². The molecule has 0 N–H and O–H groups in total. The average Bonchev–Trinajstić information content (AvgIpc) is 2.75. The molecule has 5 heteroatoms. The van der Waals surface area contributed by atoms with Gasteiger partial charge in [0.1, 0.15) is 6.33 Å². The van der Waals surface area contributed by atoms with Crippen molar-refractivity contribution in [2.45, 2.75) is 12.1 Å². The van der Waals surface area contributed by atoms with E-state index in [2.05, 4.69) is 10.1 Å². The zero-order valence-corrected chi connectivity index (χ0v) is 11.0. The maximum Gasteiger partial charge on any atom is 0.190 e. The molecular weight excluding hydrogens is 246 g/mol. The fraction of sp³-hybridized carbons (Fsp3) is 0.154. The molecule has 0 fully saturated rings. The third-order valence-corrected chi connectivity index (χ3v) is 3.22. The van der Waals surface area contributed by atoms with Crippen LogP contribution in [0.1, 0.15) is 15.9 Å². The molecule has 0 saturated heterocycles. The van der Waals surface area contributed by atoms with Crippen molar-refractivity contribution >= 4 is 17.5 Å². The minimum absolute atomic E-state index is 0.00614. The number of rotatable bonds is 4. The molecule has 4 nitrogen and oxygen atoms in total. The number of carbonyl (C=O) groups excluding carboxylic acids is 1. The van der Waals surface area contributed by atoms with Crippen LogP contribution in [-0.4, -0.2) is 20.5 Å². The van der Waals surface area contributed by atoms with Crippen LogP contribution in [0.4, 0.5) is 0 Å². The molecule has 18 heavy (non-hydrogen) atoms. The van der Waals surface area contributed by atoms with Crippen LogP contribution in [-0.2, 0) is 7.05 Å². The van der Waals surface area contributed by atoms with Gasteiger partial charge in [-0.3, -0.25) is 4.79 Å². The highest BCUT2D eigenvalue weighted by molar-refractivity contribution is 8.02. The van der Waals surface area contributed by atoms with Crippen LogP contribution in [0.3, 0.4) is 0 Å². The van der Waals surface area contributed by atoms with Gasteiger partial charge >= 0.3 is 0 Å². The SMILES string of the molecule is Cc1cccc(C(=O)/C=C\Sc2ncnn2C)c1. The second-order valence-corrected chi connectivity index (χ2v) is 4.69. The molecule has 2 aromatic rings. The van der Waals surface area contributed by atoms with E-state index in [9.17, 15) is 4.79 Å². The lowest BCUT2D eigenvalue weighted by atomic mass is 10.1. The monoisotopic (exact) mass is 259 g/mol. The molecule has 0 bridgehead atoms. The van der Waals surface area contributed by atoms with E-state index in [1.807, 2.05) is 38.2 Å². The third-order valence-electron chi connectivity index (χ3n) is 2.37. The number of ketones is 1. The van der Waals surface area contributed by atoms with Crippen LogP contribution >= 0.6 is 11.8 Å². The summed E-state index contributed by atoms with van der Waals surface area (Å²) in [6.45, 7) is 1.97. The topological polar surface area (TPSA) is 47.8 Å². The molecule has 0 atom stereocenters.